The molecule has 0 aliphatic rings. The van der Waals surface area contributed by atoms with Crippen LogP contribution in [0.4, 0.5) is 0 Å². The molecule has 2 heterocycles. The van der Waals surface area contributed by atoms with E-state index in [0.717, 1.165) is 29.7 Å². The number of para-hydroxylation sites is 1. The van der Waals surface area contributed by atoms with Gasteiger partial charge in [0.2, 0.25) is 5.91 Å². The highest BCUT2D eigenvalue weighted by Crippen LogP contribution is 2.23. The number of H-pyrrole nitrogens is 1. The molecule has 1 atom stereocenters. The van der Waals surface area contributed by atoms with Crippen molar-refractivity contribution in [1.29, 1.82) is 0 Å². The van der Waals surface area contributed by atoms with Crippen molar-refractivity contribution in [2.45, 2.75) is 25.3 Å². The van der Waals surface area contributed by atoms with Crippen LogP contribution in [0.25, 0.3) is 10.9 Å². The van der Waals surface area contributed by atoms with E-state index in [1.54, 1.807) is 6.20 Å². The summed E-state index contributed by atoms with van der Waals surface area (Å²) in [6.07, 6.45) is 7.73. The van der Waals surface area contributed by atoms with Crippen molar-refractivity contribution in [3.8, 4) is 0 Å². The number of aryl methyl sites for hydroxylation is 2. The van der Waals surface area contributed by atoms with Gasteiger partial charge in [-0.15, -0.1) is 0 Å². The number of hydrogen-bond donors (Lipinski definition) is 2. The molecule has 0 radical (unpaired) electrons. The van der Waals surface area contributed by atoms with E-state index in [4.69, 9.17) is 11.6 Å². The lowest BCUT2D eigenvalue weighted by atomic mass is 10.0. The maximum Gasteiger partial charge on any atom is 0.220 e. The second-order valence-corrected chi connectivity index (χ2v) is 7.60. The maximum atomic E-state index is 12.7. The molecule has 2 N–H and O–H groups in total. The molecule has 4 aromatic rings. The number of aromatic amines is 1. The number of benzene rings is 2. The molecular weight excluding hydrogens is 384 g/mol. The first-order valence-electron chi connectivity index (χ1n) is 9.69. The van der Waals surface area contributed by atoms with Gasteiger partial charge in [-0.25, -0.2) is 4.98 Å². The van der Waals surface area contributed by atoms with Gasteiger partial charge in [0.05, 0.1) is 0 Å². The second kappa shape index (κ2) is 8.53. The number of aromatic nitrogens is 3. The smallest absolute Gasteiger partial charge is 0.220 e. The molecule has 0 fully saturated rings. The van der Waals surface area contributed by atoms with Crippen LogP contribution in [-0.2, 0) is 18.3 Å². The van der Waals surface area contributed by atoms with E-state index < -0.39 is 0 Å². The van der Waals surface area contributed by atoms with E-state index in [1.165, 1.54) is 10.9 Å². The number of amides is 1. The Labute approximate surface area is 174 Å². The number of halogens is 1. The number of hydrogen-bond acceptors (Lipinski definition) is 2. The monoisotopic (exact) mass is 406 g/mol. The zero-order valence-electron chi connectivity index (χ0n) is 16.2. The molecule has 0 aliphatic carbocycles. The largest absolute Gasteiger partial charge is 0.361 e. The van der Waals surface area contributed by atoms with Crippen LogP contribution in [-0.4, -0.2) is 20.4 Å². The molecule has 5 nitrogen and oxygen atoms in total. The lowest BCUT2D eigenvalue weighted by molar-refractivity contribution is -0.121. The van der Waals surface area contributed by atoms with Crippen LogP contribution in [0.1, 0.15) is 35.8 Å². The molecule has 1 unspecified atom stereocenters. The molecule has 2 aromatic heterocycles. The molecule has 0 spiro atoms. The summed E-state index contributed by atoms with van der Waals surface area (Å²) in [5, 5.41) is 5.03. The summed E-state index contributed by atoms with van der Waals surface area (Å²) >= 11 is 6.03. The highest BCUT2D eigenvalue weighted by atomic mass is 35.5. The van der Waals surface area contributed by atoms with Crippen LogP contribution >= 0.6 is 11.6 Å². The summed E-state index contributed by atoms with van der Waals surface area (Å²) < 4.78 is 1.92. The Morgan fingerprint density at radius 2 is 2.00 bits per heavy atom. The van der Waals surface area contributed by atoms with Gasteiger partial charge in [-0.1, -0.05) is 41.9 Å². The fourth-order valence-electron chi connectivity index (χ4n) is 3.62. The van der Waals surface area contributed by atoms with E-state index >= 15 is 0 Å². The number of imidazole rings is 1. The molecule has 148 valence electrons. The summed E-state index contributed by atoms with van der Waals surface area (Å²) in [7, 11) is 1.93. The summed E-state index contributed by atoms with van der Waals surface area (Å²) in [5.41, 5.74) is 3.32. The molecule has 1 amide bonds. The van der Waals surface area contributed by atoms with E-state index in [9.17, 15) is 4.79 Å². The van der Waals surface area contributed by atoms with E-state index in [1.807, 2.05) is 60.4 Å². The molecule has 29 heavy (non-hydrogen) atoms. The number of fused-ring (bicyclic) bond motifs is 1. The van der Waals surface area contributed by atoms with Gasteiger partial charge in [-0.05, 0) is 42.2 Å². The average molecular weight is 407 g/mol. The molecule has 6 heteroatoms. The van der Waals surface area contributed by atoms with Crippen molar-refractivity contribution in [3.05, 3.63) is 89.1 Å². The highest BCUT2D eigenvalue weighted by molar-refractivity contribution is 6.30. The lowest BCUT2D eigenvalue weighted by Gasteiger charge is -2.19. The molecule has 0 aliphatic heterocycles. The predicted octanol–water partition coefficient (Wildman–Crippen LogP) is 4.78. The van der Waals surface area contributed by atoms with Gasteiger partial charge in [0.15, 0.2) is 0 Å². The third-order valence-electron chi connectivity index (χ3n) is 5.15. The lowest BCUT2D eigenvalue weighted by Crippen LogP contribution is -2.31. The molecule has 2 aromatic carbocycles. The van der Waals surface area contributed by atoms with Gasteiger partial charge in [-0.3, -0.25) is 4.79 Å². The van der Waals surface area contributed by atoms with Gasteiger partial charge in [0.25, 0.3) is 0 Å². The summed E-state index contributed by atoms with van der Waals surface area (Å²) in [6, 6.07) is 15.4. The predicted molar refractivity (Wildman–Crippen MR) is 116 cm³/mol. The topological polar surface area (TPSA) is 62.7 Å². The van der Waals surface area contributed by atoms with Crippen LogP contribution in [0.3, 0.4) is 0 Å². The van der Waals surface area contributed by atoms with Gasteiger partial charge in [0, 0.05) is 48.0 Å². The number of nitrogens with one attached hydrogen (secondary N) is 2. The molecule has 0 saturated heterocycles. The summed E-state index contributed by atoms with van der Waals surface area (Å²) in [5.74, 6) is 0.796. The Kier molecular flexibility index (Phi) is 5.67. The Hall–Kier alpha value is -3.05. The van der Waals surface area contributed by atoms with Crippen LogP contribution < -0.4 is 5.32 Å². The van der Waals surface area contributed by atoms with Gasteiger partial charge in [0.1, 0.15) is 11.9 Å². The fourth-order valence-corrected chi connectivity index (χ4v) is 3.74. The van der Waals surface area contributed by atoms with E-state index in [0.29, 0.717) is 11.4 Å². The van der Waals surface area contributed by atoms with Crippen LogP contribution in [0.2, 0.25) is 5.02 Å². The number of nitrogens with zero attached hydrogens (tertiary/aromatic N) is 2. The zero-order valence-corrected chi connectivity index (χ0v) is 17.0. The van der Waals surface area contributed by atoms with Crippen molar-refractivity contribution < 1.29 is 4.79 Å². The third kappa shape index (κ3) is 4.35. The van der Waals surface area contributed by atoms with Gasteiger partial charge < -0.3 is 14.9 Å². The minimum atomic E-state index is -0.312. The van der Waals surface area contributed by atoms with Crippen LogP contribution in [0, 0.1) is 0 Å². The maximum absolute atomic E-state index is 12.7. The molecule has 4 rings (SSSR count). The first kappa shape index (κ1) is 19.3. The third-order valence-corrected chi connectivity index (χ3v) is 5.40. The second-order valence-electron chi connectivity index (χ2n) is 7.16. The van der Waals surface area contributed by atoms with Crippen molar-refractivity contribution in [1.82, 2.24) is 19.9 Å². The normalized spacial score (nSPS) is 12.2. The van der Waals surface area contributed by atoms with Gasteiger partial charge in [-0.2, -0.15) is 0 Å². The zero-order chi connectivity index (χ0) is 20.2. The fraction of sp³-hybridized carbons (Fsp3) is 0.217. The van der Waals surface area contributed by atoms with Crippen molar-refractivity contribution in [2.75, 3.05) is 0 Å². The van der Waals surface area contributed by atoms with Crippen molar-refractivity contribution >= 4 is 28.4 Å². The van der Waals surface area contributed by atoms with Crippen LogP contribution in [0.5, 0.6) is 0 Å². The van der Waals surface area contributed by atoms with E-state index in [-0.39, 0.29) is 11.9 Å². The first-order chi connectivity index (χ1) is 14.1. The van der Waals surface area contributed by atoms with Gasteiger partial charge >= 0.3 is 0 Å². The SMILES string of the molecule is Cn1ccnc1C(NC(=O)CCCc1c[nH]c2ccccc12)c1ccc(Cl)cc1. The summed E-state index contributed by atoms with van der Waals surface area (Å²) in [4.78, 5) is 20.4. The quantitative estimate of drug-likeness (QED) is 0.463. The Morgan fingerprint density at radius 3 is 2.76 bits per heavy atom. The summed E-state index contributed by atoms with van der Waals surface area (Å²) in [6.45, 7) is 0. The number of carbonyl (C=O) groups is 1. The molecule has 0 saturated carbocycles. The molecule has 0 bridgehead atoms. The van der Waals surface area contributed by atoms with Crippen LogP contribution in [0.15, 0.2) is 67.1 Å². The first-order valence-corrected chi connectivity index (χ1v) is 10.1. The Morgan fingerprint density at radius 1 is 1.21 bits per heavy atom. The van der Waals surface area contributed by atoms with E-state index in [2.05, 4.69) is 27.4 Å². The Balaban J connectivity index is 1.43. The minimum Gasteiger partial charge on any atom is -0.361 e. The number of rotatable bonds is 7. The Bertz CT molecular complexity index is 1110. The average Bonchev–Trinajstić information content (AvgIpc) is 3.33. The molecular formula is C23H23ClN4O. The number of carbonyl (C=O) groups excluding carboxylic acids is 1. The van der Waals surface area contributed by atoms with Crippen molar-refractivity contribution in [2.24, 2.45) is 7.05 Å². The highest BCUT2D eigenvalue weighted by Gasteiger charge is 2.20. The standard InChI is InChI=1S/C23H23ClN4O/c1-28-14-13-25-23(28)22(16-9-11-18(24)12-10-16)27-21(29)8-4-5-17-15-26-20-7-3-2-6-19(17)20/h2-3,6-7,9-15,22,26H,4-5,8H2,1H3,(H,27,29). The van der Waals surface area contributed by atoms with Crippen molar-refractivity contribution in [3.63, 3.8) is 0 Å². The minimum absolute atomic E-state index is 0.00721.